The monoisotopic (exact) mass is 205 g/mol. The maximum Gasteiger partial charge on any atom is 0.220 e. The largest absolute Gasteiger partial charge is 0.355 e. The van der Waals surface area contributed by atoms with Crippen LogP contribution in [-0.2, 0) is 10.2 Å². The Hall–Kier alpha value is -1.45. The maximum absolute atomic E-state index is 11.1. The number of nitrogens with one attached hydrogen (secondary N) is 1. The van der Waals surface area contributed by atoms with Gasteiger partial charge in [-0.25, -0.2) is 0 Å². The zero-order valence-electron chi connectivity index (χ0n) is 9.08. The third kappa shape index (κ3) is 1.84. The molecule has 1 fully saturated rings. The molecule has 4 heteroatoms. The molecule has 0 bridgehead atoms. The molecule has 15 heavy (non-hydrogen) atoms. The lowest BCUT2D eigenvalue weighted by molar-refractivity contribution is -0.123. The number of hydrogen-bond donors (Lipinski definition) is 1. The molecule has 0 saturated carbocycles. The van der Waals surface area contributed by atoms with Gasteiger partial charge in [-0.3, -0.25) is 14.8 Å². The highest BCUT2D eigenvalue weighted by atomic mass is 16.1. The van der Waals surface area contributed by atoms with Gasteiger partial charge in [-0.15, -0.1) is 0 Å². The Bertz CT molecular complexity index is 379. The smallest absolute Gasteiger partial charge is 0.220 e. The van der Waals surface area contributed by atoms with Crippen molar-refractivity contribution in [3.05, 3.63) is 23.8 Å². The lowest BCUT2D eigenvalue weighted by Gasteiger charge is -2.33. The Kier molecular flexibility index (Phi) is 2.42. The van der Waals surface area contributed by atoms with Crippen molar-refractivity contribution in [1.82, 2.24) is 15.3 Å². The molecule has 0 radical (unpaired) electrons. The number of nitrogens with zero attached hydrogens (tertiary/aromatic N) is 2. The zero-order valence-corrected chi connectivity index (χ0v) is 9.08. The normalized spacial score (nSPS) is 26.1. The van der Waals surface area contributed by atoms with Crippen molar-refractivity contribution < 1.29 is 4.79 Å². The van der Waals surface area contributed by atoms with Crippen LogP contribution in [0.4, 0.5) is 0 Å². The number of hydrogen-bond acceptors (Lipinski definition) is 3. The topological polar surface area (TPSA) is 54.9 Å². The quantitative estimate of drug-likeness (QED) is 0.742. The van der Waals surface area contributed by atoms with Crippen LogP contribution in [-0.4, -0.2) is 22.4 Å². The predicted molar refractivity (Wildman–Crippen MR) is 56.4 cm³/mol. The molecular weight excluding hydrogens is 190 g/mol. The molecule has 4 nitrogen and oxygen atoms in total. The Morgan fingerprint density at radius 2 is 2.13 bits per heavy atom. The lowest BCUT2D eigenvalue weighted by atomic mass is 9.78. The summed E-state index contributed by atoms with van der Waals surface area (Å²) in [5.74, 6) is 0.133. The summed E-state index contributed by atoms with van der Waals surface area (Å²) < 4.78 is 0. The summed E-state index contributed by atoms with van der Waals surface area (Å²) in [5, 5.41) is 2.89. The first-order valence-electron chi connectivity index (χ1n) is 5.17. The number of aryl methyl sites for hydroxylation is 1. The minimum atomic E-state index is -0.0632. The highest BCUT2D eigenvalue weighted by Gasteiger charge is 2.34. The van der Waals surface area contributed by atoms with E-state index in [-0.39, 0.29) is 11.3 Å². The summed E-state index contributed by atoms with van der Waals surface area (Å²) in [6.45, 7) is 4.75. The molecule has 1 N–H and O–H groups in total. The van der Waals surface area contributed by atoms with E-state index < -0.39 is 0 Å². The van der Waals surface area contributed by atoms with Gasteiger partial charge in [0.05, 0.1) is 11.4 Å². The number of carbonyl (C=O) groups is 1. The molecule has 1 aliphatic heterocycles. The van der Waals surface area contributed by atoms with E-state index in [4.69, 9.17) is 0 Å². The molecule has 2 heterocycles. The zero-order chi connectivity index (χ0) is 10.9. The fourth-order valence-corrected chi connectivity index (χ4v) is 2.06. The third-order valence-corrected chi connectivity index (χ3v) is 3.03. The number of aromatic nitrogens is 2. The fourth-order valence-electron chi connectivity index (χ4n) is 2.06. The van der Waals surface area contributed by atoms with Crippen molar-refractivity contribution in [2.45, 2.75) is 32.1 Å². The predicted octanol–water partition coefficient (Wildman–Crippen LogP) is 0.953. The van der Waals surface area contributed by atoms with E-state index in [0.717, 1.165) is 17.8 Å². The summed E-state index contributed by atoms with van der Waals surface area (Å²) in [4.78, 5) is 19.7. The summed E-state index contributed by atoms with van der Waals surface area (Å²) in [7, 11) is 0. The lowest BCUT2D eigenvalue weighted by Crippen LogP contribution is -2.45. The second-order valence-electron chi connectivity index (χ2n) is 4.33. The minimum Gasteiger partial charge on any atom is -0.355 e. The van der Waals surface area contributed by atoms with Gasteiger partial charge in [0.2, 0.25) is 5.91 Å². The maximum atomic E-state index is 11.1. The molecule has 1 amide bonds. The molecule has 2 rings (SSSR count). The third-order valence-electron chi connectivity index (χ3n) is 3.03. The van der Waals surface area contributed by atoms with Crippen molar-refractivity contribution in [3.63, 3.8) is 0 Å². The molecule has 0 spiro atoms. The standard InChI is InChI=1S/C11H15N3O/c1-8-10(13-6-5-12-8)11(2)4-3-9(15)14-7-11/h5-6H,3-4,7H2,1-2H3,(H,14,15). The van der Waals surface area contributed by atoms with E-state index in [1.54, 1.807) is 12.4 Å². The second kappa shape index (κ2) is 3.61. The number of rotatable bonds is 1. The Morgan fingerprint density at radius 3 is 2.73 bits per heavy atom. The molecule has 80 valence electrons. The first-order valence-corrected chi connectivity index (χ1v) is 5.17. The highest BCUT2D eigenvalue weighted by Crippen LogP contribution is 2.30. The number of carbonyl (C=O) groups excluding carboxylic acids is 1. The molecule has 1 atom stereocenters. The van der Waals surface area contributed by atoms with E-state index in [0.29, 0.717) is 13.0 Å². The molecule has 1 aliphatic rings. The van der Waals surface area contributed by atoms with Gasteiger partial charge in [0, 0.05) is 30.8 Å². The van der Waals surface area contributed by atoms with E-state index >= 15 is 0 Å². The van der Waals surface area contributed by atoms with Gasteiger partial charge in [-0.2, -0.15) is 0 Å². The van der Waals surface area contributed by atoms with Gasteiger partial charge < -0.3 is 5.32 Å². The summed E-state index contributed by atoms with van der Waals surface area (Å²) in [5.41, 5.74) is 1.90. The van der Waals surface area contributed by atoms with Gasteiger partial charge in [0.15, 0.2) is 0 Å². The van der Waals surface area contributed by atoms with Gasteiger partial charge >= 0.3 is 0 Å². The second-order valence-corrected chi connectivity index (χ2v) is 4.33. The average molecular weight is 205 g/mol. The molecule has 0 aliphatic carbocycles. The summed E-state index contributed by atoms with van der Waals surface area (Å²) in [6, 6.07) is 0. The van der Waals surface area contributed by atoms with Crippen LogP contribution < -0.4 is 5.32 Å². The van der Waals surface area contributed by atoms with Gasteiger partial charge in [-0.1, -0.05) is 6.92 Å². The van der Waals surface area contributed by atoms with E-state index in [1.165, 1.54) is 0 Å². The molecular formula is C11H15N3O. The van der Waals surface area contributed by atoms with Crippen LogP contribution in [0.1, 0.15) is 31.2 Å². The molecule has 1 saturated heterocycles. The van der Waals surface area contributed by atoms with Crippen molar-refractivity contribution in [1.29, 1.82) is 0 Å². The van der Waals surface area contributed by atoms with E-state index in [2.05, 4.69) is 22.2 Å². The van der Waals surface area contributed by atoms with Gasteiger partial charge in [0.1, 0.15) is 0 Å². The number of piperidine rings is 1. The first-order chi connectivity index (χ1) is 7.12. The van der Waals surface area contributed by atoms with Crippen molar-refractivity contribution in [2.24, 2.45) is 0 Å². The highest BCUT2D eigenvalue weighted by molar-refractivity contribution is 5.77. The van der Waals surface area contributed by atoms with Gasteiger partial charge in [-0.05, 0) is 13.3 Å². The van der Waals surface area contributed by atoms with Crippen molar-refractivity contribution in [2.75, 3.05) is 6.54 Å². The first kappa shape index (κ1) is 10.1. The van der Waals surface area contributed by atoms with Crippen LogP contribution in [0.15, 0.2) is 12.4 Å². The minimum absolute atomic E-state index is 0.0632. The van der Waals surface area contributed by atoms with E-state index in [9.17, 15) is 4.79 Å². The van der Waals surface area contributed by atoms with Crippen LogP contribution in [0.25, 0.3) is 0 Å². The van der Waals surface area contributed by atoms with Crippen LogP contribution in [0.3, 0.4) is 0 Å². The summed E-state index contributed by atoms with van der Waals surface area (Å²) >= 11 is 0. The molecule has 0 aromatic carbocycles. The molecule has 1 unspecified atom stereocenters. The van der Waals surface area contributed by atoms with Crippen LogP contribution >= 0.6 is 0 Å². The molecule has 1 aromatic heterocycles. The fraction of sp³-hybridized carbons (Fsp3) is 0.545. The summed E-state index contributed by atoms with van der Waals surface area (Å²) in [6.07, 6.45) is 4.83. The van der Waals surface area contributed by atoms with E-state index in [1.807, 2.05) is 6.92 Å². The van der Waals surface area contributed by atoms with Crippen molar-refractivity contribution >= 4 is 5.91 Å². The number of amides is 1. The Labute approximate surface area is 89.1 Å². The van der Waals surface area contributed by atoms with Crippen molar-refractivity contribution in [3.8, 4) is 0 Å². The average Bonchev–Trinajstić information content (AvgIpc) is 2.23. The van der Waals surface area contributed by atoms with Crippen LogP contribution in [0.2, 0.25) is 0 Å². The van der Waals surface area contributed by atoms with Gasteiger partial charge in [0.25, 0.3) is 0 Å². The Balaban J connectivity index is 2.30. The SMILES string of the molecule is Cc1nccnc1C1(C)CCC(=O)NC1. The Morgan fingerprint density at radius 1 is 1.40 bits per heavy atom. The molecule has 1 aromatic rings. The van der Waals surface area contributed by atoms with Crippen LogP contribution in [0, 0.1) is 6.92 Å². The van der Waals surface area contributed by atoms with Crippen LogP contribution in [0.5, 0.6) is 0 Å².